The number of alkyl halides is 3. The van der Waals surface area contributed by atoms with Gasteiger partial charge in [0.15, 0.2) is 0 Å². The number of halogens is 3. The van der Waals surface area contributed by atoms with Crippen molar-refractivity contribution < 1.29 is 32.3 Å². The molecule has 4 amide bonds. The first-order valence-corrected chi connectivity index (χ1v) is 13.6. The summed E-state index contributed by atoms with van der Waals surface area (Å²) >= 11 is 0. The minimum atomic E-state index is -4.72. The Hall–Kier alpha value is -2.84. The van der Waals surface area contributed by atoms with Gasteiger partial charge in [-0.25, -0.2) is 0 Å². The van der Waals surface area contributed by atoms with Gasteiger partial charge < -0.3 is 20.9 Å². The second-order valence-electron chi connectivity index (χ2n) is 13.3. The standard InChI is InChI=1S/C27H38F3N5O4/c1-24(2,3)19(34-23(39)26(8-9-26)27(28,29)30)22(38)35-13-16-17(25(16,4)5)18(35)21(37)33-15(12-31)11-14-7-6-10-32-20(14)36/h14-19H,6-11,13H2,1-5H3,(H,32,36)(H,33,37)(H,34,39)/t14-,15-,16-,17?,18-,19+/m0/s1. The Bertz CT molecular complexity index is 1090. The largest absolute Gasteiger partial charge is 0.403 e. The molecule has 9 nitrogen and oxygen atoms in total. The third kappa shape index (κ3) is 5.21. The fourth-order valence-electron chi connectivity index (χ4n) is 6.41. The molecule has 0 aromatic rings. The number of nitriles is 1. The lowest BCUT2D eigenvalue weighted by atomic mass is 9.84. The van der Waals surface area contributed by atoms with Gasteiger partial charge in [0.05, 0.1) is 6.07 Å². The maximum Gasteiger partial charge on any atom is 0.403 e. The lowest BCUT2D eigenvalue weighted by Crippen LogP contribution is -2.61. The summed E-state index contributed by atoms with van der Waals surface area (Å²) in [5, 5.41) is 17.6. The summed E-state index contributed by atoms with van der Waals surface area (Å²) in [4.78, 5) is 53.8. The van der Waals surface area contributed by atoms with Crippen LogP contribution in [0.4, 0.5) is 13.2 Å². The molecule has 216 valence electrons. The Kier molecular flexibility index (Phi) is 7.22. The van der Waals surface area contributed by atoms with Crippen molar-refractivity contribution in [1.82, 2.24) is 20.9 Å². The second kappa shape index (κ2) is 9.66. The molecule has 4 fully saturated rings. The molecule has 6 atom stereocenters. The van der Waals surface area contributed by atoms with Crippen molar-refractivity contribution in [2.45, 2.75) is 91.0 Å². The van der Waals surface area contributed by atoms with Gasteiger partial charge in [-0.05, 0) is 54.8 Å². The molecule has 1 unspecified atom stereocenters. The van der Waals surface area contributed by atoms with Crippen LogP contribution in [0.1, 0.15) is 66.7 Å². The normalized spacial score (nSPS) is 30.2. The van der Waals surface area contributed by atoms with E-state index in [0.717, 1.165) is 6.42 Å². The summed E-state index contributed by atoms with van der Waals surface area (Å²) in [5.74, 6) is -3.12. The molecular formula is C27H38F3N5O4. The number of carbonyl (C=O) groups excluding carboxylic acids is 4. The lowest BCUT2D eigenvalue weighted by Gasteiger charge is -2.38. The first-order valence-electron chi connectivity index (χ1n) is 13.6. The van der Waals surface area contributed by atoms with Gasteiger partial charge in [-0.15, -0.1) is 0 Å². The van der Waals surface area contributed by atoms with Crippen LogP contribution in [0, 0.1) is 45.3 Å². The van der Waals surface area contributed by atoms with E-state index in [4.69, 9.17) is 0 Å². The molecular weight excluding hydrogens is 515 g/mol. The number of nitrogens with one attached hydrogen (secondary N) is 3. The molecule has 0 bridgehead atoms. The van der Waals surface area contributed by atoms with E-state index in [9.17, 15) is 37.6 Å². The maximum atomic E-state index is 13.9. The van der Waals surface area contributed by atoms with Crippen LogP contribution in [0.25, 0.3) is 0 Å². The van der Waals surface area contributed by atoms with E-state index in [1.54, 1.807) is 20.8 Å². The minimum absolute atomic E-state index is 0.00290. The number of rotatable bonds is 7. The van der Waals surface area contributed by atoms with Gasteiger partial charge in [0.1, 0.15) is 23.5 Å². The molecule has 4 rings (SSSR count). The molecule has 0 radical (unpaired) electrons. The second-order valence-corrected chi connectivity index (χ2v) is 13.3. The van der Waals surface area contributed by atoms with Crippen LogP contribution in [0.5, 0.6) is 0 Å². The fraction of sp³-hybridized carbons (Fsp3) is 0.815. The van der Waals surface area contributed by atoms with Gasteiger partial charge in [0, 0.05) is 19.0 Å². The Morgan fingerprint density at radius 1 is 1.18 bits per heavy atom. The van der Waals surface area contributed by atoms with E-state index in [-0.39, 0.29) is 49.0 Å². The highest BCUT2D eigenvalue weighted by molar-refractivity contribution is 5.96. The molecule has 2 saturated carbocycles. The van der Waals surface area contributed by atoms with Gasteiger partial charge >= 0.3 is 6.18 Å². The number of nitrogens with zero attached hydrogens (tertiary/aromatic N) is 2. The molecule has 39 heavy (non-hydrogen) atoms. The topological polar surface area (TPSA) is 131 Å². The van der Waals surface area contributed by atoms with Crippen molar-refractivity contribution in [2.24, 2.45) is 34.0 Å². The number of hydrogen-bond acceptors (Lipinski definition) is 5. The molecule has 0 spiro atoms. The van der Waals surface area contributed by atoms with Crippen molar-refractivity contribution in [3.8, 4) is 6.07 Å². The van der Waals surface area contributed by atoms with E-state index in [0.29, 0.717) is 13.0 Å². The molecule has 2 aliphatic carbocycles. The third-order valence-electron chi connectivity index (χ3n) is 9.27. The van der Waals surface area contributed by atoms with Crippen molar-refractivity contribution >= 4 is 23.6 Å². The molecule has 3 N–H and O–H groups in total. The van der Waals surface area contributed by atoms with Crippen molar-refractivity contribution in [3.05, 3.63) is 0 Å². The van der Waals surface area contributed by atoms with Crippen LogP contribution < -0.4 is 16.0 Å². The van der Waals surface area contributed by atoms with E-state index in [1.807, 2.05) is 19.9 Å². The average Bonchev–Trinajstić information content (AvgIpc) is 3.68. The summed E-state index contributed by atoms with van der Waals surface area (Å²) in [5.41, 5.74) is -3.64. The first-order chi connectivity index (χ1) is 18.0. The molecule has 2 saturated heterocycles. The predicted octanol–water partition coefficient (Wildman–Crippen LogP) is 2.27. The number of likely N-dealkylation sites (tertiary alicyclic amines) is 1. The van der Waals surface area contributed by atoms with Crippen LogP contribution in [0.2, 0.25) is 0 Å². The SMILES string of the molecule is CC(C)(C)[C@H](NC(=O)C1(C(F)(F)F)CC1)C(=O)N1C[C@H]2C([C@H]1C(=O)N[C@H](C#N)C[C@@H]1CCCNC1=O)C2(C)C. The minimum Gasteiger partial charge on any atom is -0.356 e. The quantitative estimate of drug-likeness (QED) is 0.445. The van der Waals surface area contributed by atoms with E-state index in [2.05, 4.69) is 16.0 Å². The number of hydrogen-bond donors (Lipinski definition) is 3. The zero-order chi connectivity index (χ0) is 29.1. The molecule has 12 heteroatoms. The van der Waals surface area contributed by atoms with Crippen molar-refractivity contribution in [2.75, 3.05) is 13.1 Å². The fourth-order valence-corrected chi connectivity index (χ4v) is 6.41. The summed E-state index contributed by atoms with van der Waals surface area (Å²) in [6.45, 7) is 9.73. The summed E-state index contributed by atoms with van der Waals surface area (Å²) in [6, 6.07) is -1.11. The highest BCUT2D eigenvalue weighted by atomic mass is 19.4. The number of fused-ring (bicyclic) bond motifs is 1. The van der Waals surface area contributed by atoms with Gasteiger partial charge in [-0.3, -0.25) is 19.2 Å². The smallest absolute Gasteiger partial charge is 0.356 e. The van der Waals surface area contributed by atoms with Crippen LogP contribution in [0.3, 0.4) is 0 Å². The molecule has 2 heterocycles. The van der Waals surface area contributed by atoms with Gasteiger partial charge in [0.25, 0.3) is 0 Å². The Morgan fingerprint density at radius 2 is 1.82 bits per heavy atom. The van der Waals surface area contributed by atoms with E-state index < -0.39 is 58.8 Å². The van der Waals surface area contributed by atoms with Crippen LogP contribution in [-0.2, 0) is 19.2 Å². The van der Waals surface area contributed by atoms with Gasteiger partial charge in [0.2, 0.25) is 23.6 Å². The lowest BCUT2D eigenvalue weighted by molar-refractivity contribution is -0.193. The number of carbonyl (C=O) groups is 4. The number of amides is 4. The zero-order valence-electron chi connectivity index (χ0n) is 23.1. The van der Waals surface area contributed by atoms with Crippen LogP contribution in [0.15, 0.2) is 0 Å². The van der Waals surface area contributed by atoms with Crippen LogP contribution >= 0.6 is 0 Å². The van der Waals surface area contributed by atoms with E-state index in [1.165, 1.54) is 4.90 Å². The molecule has 0 aromatic carbocycles. The first kappa shape index (κ1) is 29.2. The highest BCUT2D eigenvalue weighted by Gasteiger charge is 2.71. The maximum absolute atomic E-state index is 13.9. The highest BCUT2D eigenvalue weighted by Crippen LogP contribution is 2.65. The Labute approximate surface area is 226 Å². The molecule has 2 aliphatic heterocycles. The summed E-state index contributed by atoms with van der Waals surface area (Å²) in [6.07, 6.45) is -3.83. The van der Waals surface area contributed by atoms with E-state index >= 15 is 0 Å². The van der Waals surface area contributed by atoms with Gasteiger partial charge in [-0.1, -0.05) is 34.6 Å². The third-order valence-corrected chi connectivity index (χ3v) is 9.27. The average molecular weight is 554 g/mol. The van der Waals surface area contributed by atoms with Crippen LogP contribution in [-0.4, -0.2) is 65.9 Å². The van der Waals surface area contributed by atoms with Gasteiger partial charge in [-0.2, -0.15) is 18.4 Å². The monoisotopic (exact) mass is 553 g/mol. The number of piperidine rings is 2. The summed E-state index contributed by atoms with van der Waals surface area (Å²) < 4.78 is 40.8. The zero-order valence-corrected chi connectivity index (χ0v) is 23.1. The Balaban J connectivity index is 1.53. The van der Waals surface area contributed by atoms with Crippen molar-refractivity contribution in [1.29, 1.82) is 5.26 Å². The summed E-state index contributed by atoms with van der Waals surface area (Å²) in [7, 11) is 0. The predicted molar refractivity (Wildman–Crippen MR) is 133 cm³/mol. The molecule has 4 aliphatic rings. The van der Waals surface area contributed by atoms with Crippen molar-refractivity contribution in [3.63, 3.8) is 0 Å². The Morgan fingerprint density at radius 3 is 2.33 bits per heavy atom. The molecule has 0 aromatic heterocycles.